The molecule has 0 radical (unpaired) electrons. The topological polar surface area (TPSA) is 61.8 Å². The summed E-state index contributed by atoms with van der Waals surface area (Å²) < 4.78 is 0. The lowest BCUT2D eigenvalue weighted by Gasteiger charge is -2.13. The van der Waals surface area contributed by atoms with Crippen LogP contribution in [0.1, 0.15) is 20.3 Å². The first-order chi connectivity index (χ1) is 11.1. The molecule has 0 bridgehead atoms. The zero-order valence-electron chi connectivity index (χ0n) is 13.5. The molecule has 2 rings (SSSR count). The van der Waals surface area contributed by atoms with E-state index < -0.39 is 0 Å². The molecule has 1 aliphatic heterocycles. The summed E-state index contributed by atoms with van der Waals surface area (Å²) in [5.74, 6) is -0.177. The number of thioether (sulfide) groups is 2. The van der Waals surface area contributed by atoms with Gasteiger partial charge < -0.3 is 5.32 Å². The average molecular weight is 351 g/mol. The van der Waals surface area contributed by atoms with E-state index in [0.717, 1.165) is 15.8 Å². The number of amidine groups is 1. The van der Waals surface area contributed by atoms with Crippen molar-refractivity contribution in [2.45, 2.75) is 30.4 Å². The van der Waals surface area contributed by atoms with E-state index in [1.165, 1.54) is 11.8 Å². The van der Waals surface area contributed by atoms with Gasteiger partial charge in [0, 0.05) is 24.4 Å². The first-order valence-electron chi connectivity index (χ1n) is 7.56. The molecule has 1 saturated heterocycles. The highest BCUT2D eigenvalue weighted by Crippen LogP contribution is 2.30. The van der Waals surface area contributed by atoms with Gasteiger partial charge in [0.15, 0.2) is 5.17 Å². The van der Waals surface area contributed by atoms with Gasteiger partial charge in [-0.15, -0.1) is 11.8 Å². The van der Waals surface area contributed by atoms with E-state index in [2.05, 4.69) is 10.3 Å². The van der Waals surface area contributed by atoms with Gasteiger partial charge in [-0.25, -0.2) is 0 Å². The molecule has 1 atom stereocenters. The second kappa shape index (κ2) is 8.40. The van der Waals surface area contributed by atoms with E-state index in [9.17, 15) is 9.59 Å². The summed E-state index contributed by atoms with van der Waals surface area (Å²) in [6.07, 6.45) is 2.12. The number of anilines is 1. The van der Waals surface area contributed by atoms with E-state index in [-0.39, 0.29) is 23.5 Å². The quantitative estimate of drug-likeness (QED) is 0.800. The van der Waals surface area contributed by atoms with Gasteiger partial charge in [-0.3, -0.25) is 19.5 Å². The van der Waals surface area contributed by atoms with E-state index in [4.69, 9.17) is 0 Å². The summed E-state index contributed by atoms with van der Waals surface area (Å²) in [6, 6.07) is 7.65. The predicted molar refractivity (Wildman–Crippen MR) is 98.2 cm³/mol. The largest absolute Gasteiger partial charge is 0.325 e. The molecule has 1 aromatic rings. The fraction of sp³-hybridized carbons (Fsp3) is 0.438. The SMILES string of the molecule is CCN=C1S[C@@H](CC(=O)Nc2ccccc2SC)C(=O)N1CC. The van der Waals surface area contributed by atoms with Crippen LogP contribution in [0.25, 0.3) is 0 Å². The van der Waals surface area contributed by atoms with Crippen LogP contribution >= 0.6 is 23.5 Å². The van der Waals surface area contributed by atoms with Gasteiger partial charge in [0.05, 0.1) is 5.69 Å². The molecular formula is C16H21N3O2S2. The van der Waals surface area contributed by atoms with Crippen LogP contribution in [0.5, 0.6) is 0 Å². The zero-order valence-corrected chi connectivity index (χ0v) is 15.2. The molecule has 0 aromatic heterocycles. The van der Waals surface area contributed by atoms with Gasteiger partial charge >= 0.3 is 0 Å². The molecule has 0 unspecified atom stereocenters. The Hall–Kier alpha value is -1.47. The Balaban J connectivity index is 2.03. The summed E-state index contributed by atoms with van der Waals surface area (Å²) >= 11 is 2.96. The summed E-state index contributed by atoms with van der Waals surface area (Å²) in [7, 11) is 0. The lowest BCUT2D eigenvalue weighted by atomic mass is 10.2. The van der Waals surface area contributed by atoms with Crippen molar-refractivity contribution in [3.63, 3.8) is 0 Å². The maximum Gasteiger partial charge on any atom is 0.242 e. The molecule has 5 nitrogen and oxygen atoms in total. The van der Waals surface area contributed by atoms with Crippen LogP contribution in [0.4, 0.5) is 5.69 Å². The van der Waals surface area contributed by atoms with Crippen molar-refractivity contribution in [1.29, 1.82) is 0 Å². The van der Waals surface area contributed by atoms with Gasteiger partial charge in [0.2, 0.25) is 11.8 Å². The number of rotatable bonds is 6. The molecule has 7 heteroatoms. The predicted octanol–water partition coefficient (Wildman–Crippen LogP) is 3.08. The normalized spacial score (nSPS) is 19.4. The fourth-order valence-electron chi connectivity index (χ4n) is 2.30. The number of aliphatic imine (C=N–C) groups is 1. The molecule has 124 valence electrons. The monoisotopic (exact) mass is 351 g/mol. The van der Waals surface area contributed by atoms with Crippen molar-refractivity contribution in [2.24, 2.45) is 4.99 Å². The van der Waals surface area contributed by atoms with Crippen LogP contribution < -0.4 is 5.32 Å². The molecule has 1 N–H and O–H groups in total. The second-order valence-electron chi connectivity index (χ2n) is 4.90. The average Bonchev–Trinajstić information content (AvgIpc) is 2.83. The minimum Gasteiger partial charge on any atom is -0.325 e. The fourth-order valence-corrected chi connectivity index (χ4v) is 4.13. The number of carbonyl (C=O) groups is 2. The van der Waals surface area contributed by atoms with Gasteiger partial charge in [0.1, 0.15) is 5.25 Å². The summed E-state index contributed by atoms with van der Waals surface area (Å²) in [5.41, 5.74) is 0.787. The third-order valence-electron chi connectivity index (χ3n) is 3.38. The van der Waals surface area contributed by atoms with E-state index in [0.29, 0.717) is 13.1 Å². The Morgan fingerprint density at radius 2 is 2.13 bits per heavy atom. The Labute approximate surface area is 145 Å². The Morgan fingerprint density at radius 1 is 1.39 bits per heavy atom. The summed E-state index contributed by atoms with van der Waals surface area (Å²) in [6.45, 7) is 5.07. The van der Waals surface area contributed by atoms with Gasteiger partial charge in [-0.1, -0.05) is 23.9 Å². The highest BCUT2D eigenvalue weighted by atomic mass is 32.2. The third-order valence-corrected chi connectivity index (χ3v) is 5.39. The number of benzene rings is 1. The summed E-state index contributed by atoms with van der Waals surface area (Å²) in [5, 5.41) is 3.24. The van der Waals surface area contributed by atoms with E-state index in [1.54, 1.807) is 16.7 Å². The summed E-state index contributed by atoms with van der Waals surface area (Å²) in [4.78, 5) is 31.7. The number of amides is 2. The van der Waals surface area contributed by atoms with Crippen LogP contribution in [0, 0.1) is 0 Å². The Bertz CT molecular complexity index is 619. The van der Waals surface area contributed by atoms with Crippen molar-refractivity contribution < 1.29 is 9.59 Å². The maximum atomic E-state index is 12.4. The van der Waals surface area contributed by atoms with Crippen molar-refractivity contribution in [3.05, 3.63) is 24.3 Å². The molecule has 0 spiro atoms. The molecule has 2 amide bonds. The number of nitrogens with zero attached hydrogens (tertiary/aromatic N) is 2. The number of hydrogen-bond donors (Lipinski definition) is 1. The highest BCUT2D eigenvalue weighted by molar-refractivity contribution is 8.15. The van der Waals surface area contributed by atoms with Crippen molar-refractivity contribution in [2.75, 3.05) is 24.7 Å². The van der Waals surface area contributed by atoms with Crippen LogP contribution in [-0.2, 0) is 9.59 Å². The van der Waals surface area contributed by atoms with Crippen molar-refractivity contribution in [1.82, 2.24) is 4.90 Å². The minimum absolute atomic E-state index is 0.0296. The van der Waals surface area contributed by atoms with Gasteiger partial charge in [-0.05, 0) is 32.2 Å². The lowest BCUT2D eigenvalue weighted by Crippen LogP contribution is -2.33. The third kappa shape index (κ3) is 4.29. The molecule has 1 aromatic carbocycles. The number of nitrogens with one attached hydrogen (secondary N) is 1. The number of carbonyl (C=O) groups excluding carboxylic acids is 2. The molecule has 0 aliphatic carbocycles. The van der Waals surface area contributed by atoms with Crippen LogP contribution in [0.3, 0.4) is 0 Å². The van der Waals surface area contributed by atoms with Crippen molar-refractivity contribution >= 4 is 46.2 Å². The molecule has 1 heterocycles. The molecule has 1 fully saturated rings. The van der Waals surface area contributed by atoms with Crippen LogP contribution in [-0.4, -0.2) is 46.5 Å². The standard InChI is InChI=1S/C16H21N3O2S2/c1-4-17-16-19(5-2)15(21)13(23-16)10-14(20)18-11-8-6-7-9-12(11)22-3/h6-9,13H,4-5,10H2,1-3H3,(H,18,20)/t13-/m0/s1. The number of para-hydroxylation sites is 1. The molecule has 23 heavy (non-hydrogen) atoms. The maximum absolute atomic E-state index is 12.4. The van der Waals surface area contributed by atoms with Gasteiger partial charge in [0.25, 0.3) is 0 Å². The van der Waals surface area contributed by atoms with Crippen LogP contribution in [0.2, 0.25) is 0 Å². The highest BCUT2D eigenvalue weighted by Gasteiger charge is 2.38. The second-order valence-corrected chi connectivity index (χ2v) is 6.92. The molecule has 0 saturated carbocycles. The Kier molecular flexibility index (Phi) is 6.53. The molecule has 1 aliphatic rings. The van der Waals surface area contributed by atoms with Gasteiger partial charge in [-0.2, -0.15) is 0 Å². The minimum atomic E-state index is -0.387. The van der Waals surface area contributed by atoms with Crippen molar-refractivity contribution in [3.8, 4) is 0 Å². The smallest absolute Gasteiger partial charge is 0.242 e. The number of hydrogen-bond acceptors (Lipinski definition) is 5. The zero-order chi connectivity index (χ0) is 16.8. The Morgan fingerprint density at radius 3 is 2.78 bits per heavy atom. The molecular weight excluding hydrogens is 330 g/mol. The van der Waals surface area contributed by atoms with E-state index in [1.807, 2.05) is 44.4 Å². The first-order valence-corrected chi connectivity index (χ1v) is 9.66. The first kappa shape index (κ1) is 17.9. The lowest BCUT2D eigenvalue weighted by molar-refractivity contribution is -0.128. The van der Waals surface area contributed by atoms with E-state index >= 15 is 0 Å². The van der Waals surface area contributed by atoms with Crippen LogP contribution in [0.15, 0.2) is 34.2 Å².